The van der Waals surface area contributed by atoms with Gasteiger partial charge in [-0.25, -0.2) is 14.2 Å². The summed E-state index contributed by atoms with van der Waals surface area (Å²) < 4.78 is 18.6. The second-order valence-electron chi connectivity index (χ2n) is 3.64. The summed E-state index contributed by atoms with van der Waals surface area (Å²) >= 11 is 5.83. The monoisotopic (exact) mass is 292 g/mol. The van der Waals surface area contributed by atoms with Crippen LogP contribution in [0.2, 0.25) is 5.02 Å². The van der Waals surface area contributed by atoms with Gasteiger partial charge in [-0.15, -0.1) is 0 Å². The fourth-order valence-electron chi connectivity index (χ4n) is 1.42. The number of pyridine rings is 1. The topological polar surface area (TPSA) is 83.2 Å². The van der Waals surface area contributed by atoms with Gasteiger partial charge in [-0.3, -0.25) is 0 Å². The van der Waals surface area contributed by atoms with Crippen molar-refractivity contribution in [3.63, 3.8) is 0 Å². The van der Waals surface area contributed by atoms with Gasteiger partial charge in [-0.1, -0.05) is 17.7 Å². The van der Waals surface area contributed by atoms with Gasteiger partial charge in [0.1, 0.15) is 28.2 Å². The summed E-state index contributed by atoms with van der Waals surface area (Å²) in [6.07, 6.45) is 1.05. The Balaban J connectivity index is 2.39. The predicted molar refractivity (Wildman–Crippen MR) is 67.4 cm³/mol. The lowest BCUT2D eigenvalue weighted by molar-refractivity contribution is 0.0696. The van der Waals surface area contributed by atoms with E-state index in [4.69, 9.17) is 26.7 Å². The summed E-state index contributed by atoms with van der Waals surface area (Å²) in [5, 5.41) is 17.6. The molecule has 2 rings (SSSR count). The molecule has 0 fully saturated rings. The molecule has 0 aliphatic rings. The molecule has 0 amide bonds. The van der Waals surface area contributed by atoms with Gasteiger partial charge in [-0.05, 0) is 18.2 Å². The number of halogens is 2. The Kier molecular flexibility index (Phi) is 3.82. The van der Waals surface area contributed by atoms with Crippen molar-refractivity contribution >= 4 is 17.6 Å². The maximum atomic E-state index is 13.4. The van der Waals surface area contributed by atoms with Crippen LogP contribution in [0.25, 0.3) is 0 Å². The van der Waals surface area contributed by atoms with Gasteiger partial charge in [0.15, 0.2) is 0 Å². The molecule has 1 aromatic heterocycles. The number of nitrogens with zero attached hydrogens (tertiary/aromatic N) is 2. The number of carboxylic acids is 1. The molecule has 0 bridgehead atoms. The maximum Gasteiger partial charge on any atom is 0.337 e. The third kappa shape index (κ3) is 2.68. The summed E-state index contributed by atoms with van der Waals surface area (Å²) in [5.41, 5.74) is -0.394. The average Bonchev–Trinajstić information content (AvgIpc) is 2.41. The first kappa shape index (κ1) is 13.8. The Bertz CT molecular complexity index is 728. The van der Waals surface area contributed by atoms with Crippen molar-refractivity contribution in [1.29, 1.82) is 5.26 Å². The maximum absolute atomic E-state index is 13.4. The van der Waals surface area contributed by atoms with Crippen molar-refractivity contribution in [1.82, 2.24) is 4.98 Å². The standard InChI is InChI=1S/C13H6ClFN2O3/c14-9-4-7(13(18)19)6-17-12(9)20-11-3-1-2-10(15)8(11)5-16/h1-4,6H,(H,18,19). The molecule has 0 radical (unpaired) electrons. The second-order valence-corrected chi connectivity index (χ2v) is 4.05. The van der Waals surface area contributed by atoms with Crippen LogP contribution in [0.15, 0.2) is 30.5 Å². The Hall–Kier alpha value is -2.65. The molecule has 1 aromatic carbocycles. The van der Waals surface area contributed by atoms with Crippen molar-refractivity contribution in [2.45, 2.75) is 0 Å². The molecule has 1 N–H and O–H groups in total. The molecule has 5 nitrogen and oxygen atoms in total. The summed E-state index contributed by atoms with van der Waals surface area (Å²) in [6.45, 7) is 0. The number of rotatable bonds is 3. The number of carboxylic acid groups (broad SMARTS) is 1. The molecule has 0 saturated carbocycles. The first-order valence-electron chi connectivity index (χ1n) is 5.28. The van der Waals surface area contributed by atoms with Crippen molar-refractivity contribution in [3.8, 4) is 17.7 Å². The van der Waals surface area contributed by atoms with E-state index in [0.717, 1.165) is 18.3 Å². The van der Waals surface area contributed by atoms with Crippen LogP contribution in [0.5, 0.6) is 11.6 Å². The Morgan fingerprint density at radius 2 is 2.25 bits per heavy atom. The van der Waals surface area contributed by atoms with Crippen molar-refractivity contribution in [2.24, 2.45) is 0 Å². The van der Waals surface area contributed by atoms with Crippen LogP contribution in [0.1, 0.15) is 15.9 Å². The predicted octanol–water partition coefficient (Wildman–Crippen LogP) is 3.24. The van der Waals surface area contributed by atoms with Crippen LogP contribution < -0.4 is 4.74 Å². The lowest BCUT2D eigenvalue weighted by atomic mass is 10.2. The summed E-state index contributed by atoms with van der Waals surface area (Å²) in [7, 11) is 0. The quantitative estimate of drug-likeness (QED) is 0.939. The number of ether oxygens (including phenoxy) is 1. The van der Waals surface area contributed by atoms with Crippen LogP contribution in [0.3, 0.4) is 0 Å². The number of hydrogen-bond donors (Lipinski definition) is 1. The normalized spacial score (nSPS) is 9.85. The fourth-order valence-corrected chi connectivity index (χ4v) is 1.62. The number of nitriles is 1. The minimum absolute atomic E-state index is 0.0509. The van der Waals surface area contributed by atoms with Gasteiger partial charge in [0.2, 0.25) is 5.88 Å². The second kappa shape index (κ2) is 5.55. The zero-order valence-corrected chi connectivity index (χ0v) is 10.6. The molecule has 0 atom stereocenters. The van der Waals surface area contributed by atoms with Crippen molar-refractivity contribution in [3.05, 3.63) is 52.4 Å². The lowest BCUT2D eigenvalue weighted by Gasteiger charge is -2.08. The van der Waals surface area contributed by atoms with Crippen LogP contribution in [0, 0.1) is 17.1 Å². The minimum atomic E-state index is -1.19. The Labute approximate surface area is 117 Å². The molecular formula is C13H6ClFN2O3. The van der Waals surface area contributed by atoms with Gasteiger partial charge in [0.25, 0.3) is 0 Å². The summed E-state index contributed by atoms with van der Waals surface area (Å²) in [4.78, 5) is 14.5. The molecular weight excluding hydrogens is 287 g/mol. The highest BCUT2D eigenvalue weighted by Crippen LogP contribution is 2.30. The van der Waals surface area contributed by atoms with E-state index >= 15 is 0 Å². The third-order valence-corrected chi connectivity index (χ3v) is 2.62. The average molecular weight is 293 g/mol. The van der Waals surface area contributed by atoms with E-state index in [1.54, 1.807) is 6.07 Å². The largest absolute Gasteiger partial charge is 0.478 e. The van der Waals surface area contributed by atoms with E-state index in [-0.39, 0.29) is 27.8 Å². The van der Waals surface area contributed by atoms with Crippen molar-refractivity contribution in [2.75, 3.05) is 0 Å². The molecule has 0 aliphatic heterocycles. The highest BCUT2D eigenvalue weighted by molar-refractivity contribution is 6.32. The zero-order chi connectivity index (χ0) is 14.7. The molecule has 0 saturated heterocycles. The van der Waals surface area contributed by atoms with E-state index in [1.807, 2.05) is 0 Å². The van der Waals surface area contributed by atoms with E-state index in [9.17, 15) is 9.18 Å². The van der Waals surface area contributed by atoms with Crippen LogP contribution in [-0.2, 0) is 0 Å². The zero-order valence-electron chi connectivity index (χ0n) is 9.80. The highest BCUT2D eigenvalue weighted by Gasteiger charge is 2.14. The Morgan fingerprint density at radius 1 is 1.50 bits per heavy atom. The van der Waals surface area contributed by atoms with Gasteiger partial charge in [0, 0.05) is 6.20 Å². The first-order chi connectivity index (χ1) is 9.52. The summed E-state index contributed by atoms with van der Waals surface area (Å²) in [5.74, 6) is -2.08. The number of aromatic carboxylic acids is 1. The molecule has 0 spiro atoms. The highest BCUT2D eigenvalue weighted by atomic mass is 35.5. The molecule has 7 heteroatoms. The number of aromatic nitrogens is 1. The van der Waals surface area contributed by atoms with Crippen molar-refractivity contribution < 1.29 is 19.0 Å². The molecule has 0 unspecified atom stereocenters. The number of hydrogen-bond acceptors (Lipinski definition) is 4. The Morgan fingerprint density at radius 3 is 2.85 bits per heavy atom. The van der Waals surface area contributed by atoms with E-state index in [0.29, 0.717) is 0 Å². The van der Waals surface area contributed by atoms with Crippen LogP contribution >= 0.6 is 11.6 Å². The first-order valence-corrected chi connectivity index (χ1v) is 5.66. The van der Waals surface area contributed by atoms with E-state index < -0.39 is 11.8 Å². The molecule has 100 valence electrons. The van der Waals surface area contributed by atoms with Gasteiger partial charge < -0.3 is 9.84 Å². The number of benzene rings is 1. The lowest BCUT2D eigenvalue weighted by Crippen LogP contribution is -1.99. The molecule has 2 aromatic rings. The SMILES string of the molecule is N#Cc1c(F)cccc1Oc1ncc(C(=O)O)cc1Cl. The van der Waals surface area contributed by atoms with Gasteiger partial charge in [-0.2, -0.15) is 5.26 Å². The molecule has 20 heavy (non-hydrogen) atoms. The minimum Gasteiger partial charge on any atom is -0.478 e. The smallest absolute Gasteiger partial charge is 0.337 e. The van der Waals surface area contributed by atoms with Gasteiger partial charge in [0.05, 0.1) is 5.56 Å². The van der Waals surface area contributed by atoms with E-state index in [2.05, 4.69) is 4.98 Å². The third-order valence-electron chi connectivity index (χ3n) is 2.35. The van der Waals surface area contributed by atoms with E-state index in [1.165, 1.54) is 12.1 Å². The van der Waals surface area contributed by atoms with Crippen LogP contribution in [0.4, 0.5) is 4.39 Å². The molecule has 0 aliphatic carbocycles. The number of carbonyl (C=O) groups is 1. The fraction of sp³-hybridized carbons (Fsp3) is 0. The van der Waals surface area contributed by atoms with Crippen LogP contribution in [-0.4, -0.2) is 16.1 Å². The summed E-state index contributed by atoms with van der Waals surface area (Å²) in [6, 6.07) is 6.68. The molecule has 1 heterocycles. The van der Waals surface area contributed by atoms with Gasteiger partial charge >= 0.3 is 5.97 Å².